The van der Waals surface area contributed by atoms with E-state index in [0.717, 1.165) is 16.3 Å². The number of hydrogen-bond acceptors (Lipinski definition) is 4. The Balaban J connectivity index is 1.52. The quantitative estimate of drug-likeness (QED) is 0.294. The average Bonchev–Trinajstić information content (AvgIpc) is 2.81. The highest BCUT2D eigenvalue weighted by Crippen LogP contribution is 2.29. The molecule has 0 spiro atoms. The van der Waals surface area contributed by atoms with E-state index in [-0.39, 0.29) is 28.8 Å². The second-order valence-corrected chi connectivity index (χ2v) is 7.35. The van der Waals surface area contributed by atoms with Gasteiger partial charge < -0.3 is 9.84 Å². The number of benzene rings is 4. The molecule has 32 heavy (non-hydrogen) atoms. The minimum atomic E-state index is -0.461. The maximum Gasteiger partial charge on any atom is 0.271 e. The molecule has 1 amide bonds. The van der Waals surface area contributed by atoms with Crippen LogP contribution in [0.25, 0.3) is 10.8 Å². The first-order chi connectivity index (χ1) is 15.5. The molecule has 0 aliphatic heterocycles. The number of aromatic hydroxyl groups is 1. The summed E-state index contributed by atoms with van der Waals surface area (Å²) in [6, 6.07) is 21.8. The van der Waals surface area contributed by atoms with Crippen molar-refractivity contribution in [2.24, 2.45) is 5.10 Å². The second kappa shape index (κ2) is 9.49. The number of halogens is 2. The Morgan fingerprint density at radius 3 is 2.56 bits per heavy atom. The van der Waals surface area contributed by atoms with Crippen LogP contribution in [0.2, 0.25) is 5.02 Å². The molecule has 0 heterocycles. The number of hydrogen-bond donors (Lipinski definition) is 2. The topological polar surface area (TPSA) is 70.9 Å². The highest BCUT2D eigenvalue weighted by molar-refractivity contribution is 6.32. The van der Waals surface area contributed by atoms with E-state index in [1.165, 1.54) is 30.5 Å². The van der Waals surface area contributed by atoms with Gasteiger partial charge >= 0.3 is 0 Å². The molecular formula is C25H18ClFN2O3. The first kappa shape index (κ1) is 21.3. The summed E-state index contributed by atoms with van der Waals surface area (Å²) < 4.78 is 19.8. The number of nitrogens with one attached hydrogen (secondary N) is 1. The van der Waals surface area contributed by atoms with Crippen molar-refractivity contribution >= 4 is 34.5 Å². The third kappa shape index (κ3) is 4.71. The van der Waals surface area contributed by atoms with E-state index in [1.54, 1.807) is 24.3 Å². The van der Waals surface area contributed by atoms with E-state index in [4.69, 9.17) is 16.3 Å². The van der Waals surface area contributed by atoms with Crippen molar-refractivity contribution in [2.45, 2.75) is 6.61 Å². The molecular weight excluding hydrogens is 431 g/mol. The number of phenols is 1. The molecule has 4 aromatic carbocycles. The van der Waals surface area contributed by atoms with E-state index in [9.17, 15) is 14.3 Å². The Morgan fingerprint density at radius 2 is 1.78 bits per heavy atom. The molecule has 0 aromatic heterocycles. The number of hydrazone groups is 1. The zero-order valence-corrected chi connectivity index (χ0v) is 17.5. The number of ether oxygens (including phenoxy) is 1. The molecule has 0 saturated heterocycles. The van der Waals surface area contributed by atoms with Crippen LogP contribution in [0.5, 0.6) is 11.5 Å². The summed E-state index contributed by atoms with van der Waals surface area (Å²) >= 11 is 5.84. The smallest absolute Gasteiger partial charge is 0.271 e. The van der Waals surface area contributed by atoms with Gasteiger partial charge in [0.05, 0.1) is 11.2 Å². The summed E-state index contributed by atoms with van der Waals surface area (Å²) in [6.45, 7) is 0.106. The number of fused-ring (bicyclic) bond motifs is 1. The number of nitrogens with zero attached hydrogens (tertiary/aromatic N) is 1. The van der Waals surface area contributed by atoms with E-state index in [2.05, 4.69) is 10.5 Å². The van der Waals surface area contributed by atoms with Gasteiger partial charge in [-0.05, 0) is 41.8 Å². The third-order valence-corrected chi connectivity index (χ3v) is 5.14. The molecule has 4 aromatic rings. The van der Waals surface area contributed by atoms with Crippen molar-refractivity contribution in [3.05, 3.63) is 106 Å². The van der Waals surface area contributed by atoms with Gasteiger partial charge in [0, 0.05) is 22.1 Å². The molecule has 4 rings (SSSR count). The van der Waals surface area contributed by atoms with E-state index < -0.39 is 5.91 Å². The van der Waals surface area contributed by atoms with Gasteiger partial charge in [-0.1, -0.05) is 54.1 Å². The first-order valence-corrected chi connectivity index (χ1v) is 10.1. The van der Waals surface area contributed by atoms with E-state index in [1.807, 2.05) is 30.3 Å². The fraction of sp³-hybridized carbons (Fsp3) is 0.0400. The molecule has 0 saturated carbocycles. The monoisotopic (exact) mass is 448 g/mol. The molecule has 0 radical (unpaired) electrons. The molecule has 0 bridgehead atoms. The van der Waals surface area contributed by atoms with Gasteiger partial charge in [0.15, 0.2) is 0 Å². The van der Waals surface area contributed by atoms with Crippen LogP contribution in [-0.2, 0) is 6.61 Å². The van der Waals surface area contributed by atoms with Gasteiger partial charge in [0.25, 0.3) is 5.91 Å². The summed E-state index contributed by atoms with van der Waals surface area (Å²) in [7, 11) is 0. The Labute approximate surface area is 188 Å². The predicted molar refractivity (Wildman–Crippen MR) is 123 cm³/mol. The molecule has 0 aliphatic carbocycles. The SMILES string of the molecule is O=C(NN=Cc1ccc(OCc2ccccc2F)c2ccccc12)c1ccc(O)c(Cl)c1. The molecule has 160 valence electrons. The number of rotatable bonds is 6. The maximum atomic E-state index is 13.9. The zero-order chi connectivity index (χ0) is 22.5. The van der Waals surface area contributed by atoms with Crippen LogP contribution in [0.3, 0.4) is 0 Å². The largest absolute Gasteiger partial charge is 0.506 e. The van der Waals surface area contributed by atoms with Crippen LogP contribution in [-0.4, -0.2) is 17.2 Å². The highest BCUT2D eigenvalue weighted by atomic mass is 35.5. The summed E-state index contributed by atoms with van der Waals surface area (Å²) in [6.07, 6.45) is 1.53. The summed E-state index contributed by atoms with van der Waals surface area (Å²) in [5.41, 5.74) is 3.95. The van der Waals surface area contributed by atoms with Crippen LogP contribution in [0, 0.1) is 5.82 Å². The minimum Gasteiger partial charge on any atom is -0.506 e. The van der Waals surface area contributed by atoms with Crippen molar-refractivity contribution in [3.8, 4) is 11.5 Å². The van der Waals surface area contributed by atoms with Crippen LogP contribution < -0.4 is 10.2 Å². The lowest BCUT2D eigenvalue weighted by Crippen LogP contribution is -2.17. The number of carbonyl (C=O) groups is 1. The Hall–Kier alpha value is -3.90. The van der Waals surface area contributed by atoms with Crippen LogP contribution in [0.1, 0.15) is 21.5 Å². The number of phenolic OH excluding ortho intramolecular Hbond substituents is 1. The third-order valence-electron chi connectivity index (χ3n) is 4.84. The highest BCUT2D eigenvalue weighted by Gasteiger charge is 2.09. The van der Waals surface area contributed by atoms with E-state index in [0.29, 0.717) is 11.3 Å². The van der Waals surface area contributed by atoms with Crippen molar-refractivity contribution in [1.82, 2.24) is 5.43 Å². The fourth-order valence-corrected chi connectivity index (χ4v) is 3.36. The van der Waals surface area contributed by atoms with Crippen LogP contribution >= 0.6 is 11.6 Å². The molecule has 7 heteroatoms. The summed E-state index contributed by atoms with van der Waals surface area (Å²) in [5, 5.41) is 15.3. The lowest BCUT2D eigenvalue weighted by molar-refractivity contribution is 0.0955. The number of carbonyl (C=O) groups excluding carboxylic acids is 1. The standard InChI is InChI=1S/C25H18ClFN2O3/c26-21-13-16(9-11-23(21)30)25(31)29-28-14-17-10-12-24(20-7-3-2-6-19(17)20)32-15-18-5-1-4-8-22(18)27/h1-14,30H,15H2,(H,29,31). The van der Waals surface area contributed by atoms with Crippen molar-refractivity contribution in [3.63, 3.8) is 0 Å². The fourth-order valence-electron chi connectivity index (χ4n) is 3.18. The molecule has 0 unspecified atom stereocenters. The molecule has 0 atom stereocenters. The van der Waals surface area contributed by atoms with Crippen LogP contribution in [0.4, 0.5) is 4.39 Å². The summed E-state index contributed by atoms with van der Waals surface area (Å²) in [4.78, 5) is 12.2. The zero-order valence-electron chi connectivity index (χ0n) is 16.8. The lowest BCUT2D eigenvalue weighted by Gasteiger charge is -2.11. The van der Waals surface area contributed by atoms with Gasteiger partial charge in [0.1, 0.15) is 23.9 Å². The van der Waals surface area contributed by atoms with Gasteiger partial charge in [-0.3, -0.25) is 4.79 Å². The molecule has 2 N–H and O–H groups in total. The molecule has 0 aliphatic rings. The minimum absolute atomic E-state index is 0.0820. The van der Waals surface area contributed by atoms with Crippen molar-refractivity contribution in [2.75, 3.05) is 0 Å². The van der Waals surface area contributed by atoms with Gasteiger partial charge in [-0.2, -0.15) is 5.10 Å². The normalized spacial score (nSPS) is 11.1. The Kier molecular flexibility index (Phi) is 6.33. The van der Waals surface area contributed by atoms with Gasteiger partial charge in [-0.15, -0.1) is 0 Å². The van der Waals surface area contributed by atoms with Crippen LogP contribution in [0.15, 0.2) is 84.0 Å². The van der Waals surface area contributed by atoms with E-state index >= 15 is 0 Å². The number of amides is 1. The van der Waals surface area contributed by atoms with Gasteiger partial charge in [0.2, 0.25) is 0 Å². The predicted octanol–water partition coefficient (Wildman–Crippen LogP) is 5.68. The Morgan fingerprint density at radius 1 is 1.03 bits per heavy atom. The summed E-state index contributed by atoms with van der Waals surface area (Å²) in [5.74, 6) is -0.261. The average molecular weight is 449 g/mol. The molecule has 0 fully saturated rings. The first-order valence-electron chi connectivity index (χ1n) is 9.73. The van der Waals surface area contributed by atoms with Crippen molar-refractivity contribution in [1.29, 1.82) is 0 Å². The second-order valence-electron chi connectivity index (χ2n) is 6.94. The molecule has 5 nitrogen and oxygen atoms in total. The Bertz CT molecular complexity index is 1320. The van der Waals surface area contributed by atoms with Crippen molar-refractivity contribution < 1.29 is 19.0 Å². The lowest BCUT2D eigenvalue weighted by atomic mass is 10.0. The van der Waals surface area contributed by atoms with Gasteiger partial charge in [-0.25, -0.2) is 9.82 Å². The maximum absolute atomic E-state index is 13.9.